The number of hydrogen-bond acceptors (Lipinski definition) is 5. The van der Waals surface area contributed by atoms with Crippen molar-refractivity contribution < 1.29 is 19.1 Å². The van der Waals surface area contributed by atoms with E-state index in [1.807, 2.05) is 11.4 Å². The van der Waals surface area contributed by atoms with E-state index in [9.17, 15) is 9.59 Å². The molecule has 2 rings (SSSR count). The van der Waals surface area contributed by atoms with Gasteiger partial charge in [-0.15, -0.1) is 11.3 Å². The fourth-order valence-electron chi connectivity index (χ4n) is 2.12. The summed E-state index contributed by atoms with van der Waals surface area (Å²) >= 11 is 4.95. The van der Waals surface area contributed by atoms with Crippen LogP contribution in [0.3, 0.4) is 0 Å². The third-order valence-corrected chi connectivity index (χ3v) is 5.10. The molecule has 0 spiro atoms. The largest absolute Gasteiger partial charge is 0.465 e. The van der Waals surface area contributed by atoms with Crippen molar-refractivity contribution >= 4 is 39.0 Å². The van der Waals surface area contributed by atoms with Crippen molar-refractivity contribution in [3.8, 4) is 0 Å². The Balaban J connectivity index is 2.31. The van der Waals surface area contributed by atoms with Crippen LogP contribution in [0.25, 0.3) is 0 Å². The van der Waals surface area contributed by atoms with E-state index in [1.165, 1.54) is 11.3 Å². The molecule has 0 saturated carbocycles. The third-order valence-electron chi connectivity index (χ3n) is 3.18. The van der Waals surface area contributed by atoms with Crippen molar-refractivity contribution in [3.05, 3.63) is 20.8 Å². The Kier molecular flexibility index (Phi) is 4.76. The van der Waals surface area contributed by atoms with Crippen LogP contribution in [0.4, 0.5) is 0 Å². The van der Waals surface area contributed by atoms with E-state index in [4.69, 9.17) is 9.47 Å². The lowest BCUT2D eigenvalue weighted by molar-refractivity contribution is -0.169. The quantitative estimate of drug-likeness (QED) is 0.621. The molecule has 0 amide bonds. The topological polar surface area (TPSA) is 52.6 Å². The summed E-state index contributed by atoms with van der Waals surface area (Å²) in [4.78, 5) is 25.5. The zero-order valence-corrected chi connectivity index (χ0v) is 13.0. The molecule has 19 heavy (non-hydrogen) atoms. The van der Waals surface area contributed by atoms with E-state index >= 15 is 0 Å². The van der Waals surface area contributed by atoms with Gasteiger partial charge in [-0.3, -0.25) is 9.59 Å². The van der Waals surface area contributed by atoms with E-state index in [0.29, 0.717) is 13.0 Å². The minimum atomic E-state index is -1.18. The maximum Gasteiger partial charge on any atom is 0.322 e. The fraction of sp³-hybridized carbons (Fsp3) is 0.538. The molecule has 104 valence electrons. The molecule has 1 aromatic rings. The van der Waals surface area contributed by atoms with Gasteiger partial charge in [0.2, 0.25) is 0 Å². The molecular formula is C13H15BrO4S. The monoisotopic (exact) mass is 346 g/mol. The molecule has 4 nitrogen and oxygen atoms in total. The number of esters is 1. The van der Waals surface area contributed by atoms with Gasteiger partial charge < -0.3 is 9.47 Å². The lowest BCUT2D eigenvalue weighted by Crippen LogP contribution is -2.49. The second kappa shape index (κ2) is 6.15. The molecule has 2 heterocycles. The second-order valence-electron chi connectivity index (χ2n) is 4.40. The standard InChI is InChI=1S/C13H15BrO4S/c1-2-18-12(16)13(8-17-5-3-11(13)15)7-10-9(14)4-6-19-10/h4,6H,2-3,5,7-8H2,1H3. The number of carbonyl (C=O) groups excluding carboxylic acids is 2. The summed E-state index contributed by atoms with van der Waals surface area (Å²) in [5, 5.41) is 1.92. The van der Waals surface area contributed by atoms with Crippen LogP contribution in [-0.2, 0) is 25.5 Å². The molecule has 1 aliphatic heterocycles. The molecule has 1 unspecified atom stereocenters. The maximum atomic E-state index is 12.3. The zero-order valence-electron chi connectivity index (χ0n) is 10.6. The first-order valence-corrected chi connectivity index (χ1v) is 7.77. The summed E-state index contributed by atoms with van der Waals surface area (Å²) in [6.45, 7) is 2.49. The normalized spacial score (nSPS) is 23.4. The van der Waals surface area contributed by atoms with Crippen LogP contribution in [0.5, 0.6) is 0 Å². The van der Waals surface area contributed by atoms with Crippen LogP contribution >= 0.6 is 27.3 Å². The number of ketones is 1. The molecule has 0 bridgehead atoms. The second-order valence-corrected chi connectivity index (χ2v) is 6.25. The Morgan fingerprint density at radius 3 is 3.00 bits per heavy atom. The van der Waals surface area contributed by atoms with Crippen molar-refractivity contribution in [2.75, 3.05) is 19.8 Å². The Hall–Kier alpha value is -0.720. The van der Waals surface area contributed by atoms with Gasteiger partial charge in [-0.1, -0.05) is 0 Å². The predicted octanol–water partition coefficient (Wildman–Crippen LogP) is 2.59. The van der Waals surface area contributed by atoms with Crippen molar-refractivity contribution in [3.63, 3.8) is 0 Å². The lowest BCUT2D eigenvalue weighted by Gasteiger charge is -2.32. The summed E-state index contributed by atoms with van der Waals surface area (Å²) in [5.41, 5.74) is -1.18. The van der Waals surface area contributed by atoms with Crippen molar-refractivity contribution in [1.82, 2.24) is 0 Å². The molecule has 0 aliphatic carbocycles. The number of halogens is 1. The van der Waals surface area contributed by atoms with Gasteiger partial charge in [0, 0.05) is 22.2 Å². The molecule has 1 fully saturated rings. The predicted molar refractivity (Wildman–Crippen MR) is 75.2 cm³/mol. The first-order valence-electron chi connectivity index (χ1n) is 6.10. The van der Waals surface area contributed by atoms with E-state index in [0.717, 1.165) is 9.35 Å². The number of thiophene rings is 1. The Morgan fingerprint density at radius 2 is 2.42 bits per heavy atom. The number of ether oxygens (including phenoxy) is 2. The molecule has 1 atom stereocenters. The number of hydrogen-bond donors (Lipinski definition) is 0. The van der Waals surface area contributed by atoms with Crippen LogP contribution in [0, 0.1) is 5.41 Å². The summed E-state index contributed by atoms with van der Waals surface area (Å²) in [6.07, 6.45) is 0.602. The molecule has 1 saturated heterocycles. The smallest absolute Gasteiger partial charge is 0.322 e. The van der Waals surface area contributed by atoms with Crippen LogP contribution in [-0.4, -0.2) is 31.6 Å². The summed E-state index contributed by atoms with van der Waals surface area (Å²) in [5.74, 6) is -0.558. The number of Topliss-reactive ketones (excluding diaryl/α,β-unsaturated/α-hetero) is 1. The van der Waals surface area contributed by atoms with Gasteiger partial charge in [0.1, 0.15) is 0 Å². The van der Waals surface area contributed by atoms with E-state index in [2.05, 4.69) is 15.9 Å². The average molecular weight is 347 g/mol. The highest BCUT2D eigenvalue weighted by Crippen LogP contribution is 2.35. The van der Waals surface area contributed by atoms with E-state index in [1.54, 1.807) is 6.92 Å². The Bertz CT molecular complexity index is 485. The van der Waals surface area contributed by atoms with Gasteiger partial charge in [-0.05, 0) is 34.3 Å². The van der Waals surface area contributed by atoms with Crippen LogP contribution in [0.1, 0.15) is 18.2 Å². The molecule has 6 heteroatoms. The Labute approximate surface area is 124 Å². The summed E-state index contributed by atoms with van der Waals surface area (Å²) in [6, 6.07) is 1.91. The van der Waals surface area contributed by atoms with Gasteiger partial charge in [0.05, 0.1) is 19.8 Å². The highest BCUT2D eigenvalue weighted by Gasteiger charge is 2.49. The summed E-state index contributed by atoms with van der Waals surface area (Å²) in [7, 11) is 0. The molecule has 0 radical (unpaired) electrons. The van der Waals surface area contributed by atoms with Crippen LogP contribution < -0.4 is 0 Å². The van der Waals surface area contributed by atoms with Crippen molar-refractivity contribution in [2.45, 2.75) is 19.8 Å². The van der Waals surface area contributed by atoms with Crippen LogP contribution in [0.2, 0.25) is 0 Å². The van der Waals surface area contributed by atoms with Crippen molar-refractivity contribution in [1.29, 1.82) is 0 Å². The molecular weight excluding hydrogens is 332 g/mol. The zero-order chi connectivity index (χ0) is 13.9. The van der Waals surface area contributed by atoms with E-state index < -0.39 is 11.4 Å². The van der Waals surface area contributed by atoms with Gasteiger partial charge in [-0.2, -0.15) is 0 Å². The van der Waals surface area contributed by atoms with E-state index in [-0.39, 0.29) is 25.4 Å². The SMILES string of the molecule is CCOC(=O)C1(Cc2sccc2Br)COCCC1=O. The highest BCUT2D eigenvalue weighted by molar-refractivity contribution is 9.10. The third kappa shape index (κ3) is 2.90. The fourth-order valence-corrected chi connectivity index (χ4v) is 3.73. The first kappa shape index (κ1) is 14.7. The minimum Gasteiger partial charge on any atom is -0.465 e. The summed E-state index contributed by atoms with van der Waals surface area (Å²) < 4.78 is 11.4. The molecule has 0 aromatic carbocycles. The van der Waals surface area contributed by atoms with Gasteiger partial charge in [0.15, 0.2) is 11.2 Å². The highest BCUT2D eigenvalue weighted by atomic mass is 79.9. The Morgan fingerprint density at radius 1 is 1.63 bits per heavy atom. The number of rotatable bonds is 4. The van der Waals surface area contributed by atoms with Crippen LogP contribution in [0.15, 0.2) is 15.9 Å². The van der Waals surface area contributed by atoms with Gasteiger partial charge in [-0.25, -0.2) is 0 Å². The van der Waals surface area contributed by atoms with Gasteiger partial charge >= 0.3 is 5.97 Å². The molecule has 1 aliphatic rings. The van der Waals surface area contributed by atoms with Crippen molar-refractivity contribution in [2.24, 2.45) is 5.41 Å². The molecule has 1 aromatic heterocycles. The first-order chi connectivity index (χ1) is 9.10. The average Bonchev–Trinajstić information content (AvgIpc) is 2.78. The lowest BCUT2D eigenvalue weighted by atomic mass is 9.78. The maximum absolute atomic E-state index is 12.3. The van der Waals surface area contributed by atoms with Gasteiger partial charge in [0.25, 0.3) is 0 Å². The minimum absolute atomic E-state index is 0.0856. The molecule has 0 N–H and O–H groups in total. The number of carbonyl (C=O) groups is 2.